The second-order valence-corrected chi connectivity index (χ2v) is 7.21. The Labute approximate surface area is 163 Å². The van der Waals surface area contributed by atoms with Gasteiger partial charge in [0.25, 0.3) is 0 Å². The van der Waals surface area contributed by atoms with Gasteiger partial charge < -0.3 is 9.47 Å². The molecule has 0 spiro atoms. The van der Waals surface area contributed by atoms with E-state index in [0.717, 1.165) is 8.95 Å². The molecule has 0 amide bonds. The van der Waals surface area contributed by atoms with E-state index in [9.17, 15) is 9.59 Å². The maximum Gasteiger partial charge on any atom is 0.338 e. The van der Waals surface area contributed by atoms with Crippen molar-refractivity contribution in [2.45, 2.75) is 25.9 Å². The molecule has 0 N–H and O–H groups in total. The summed E-state index contributed by atoms with van der Waals surface area (Å²) < 4.78 is 12.5. The van der Waals surface area contributed by atoms with Crippen LogP contribution in [0.1, 0.15) is 40.5 Å². The van der Waals surface area contributed by atoms with E-state index in [1.54, 1.807) is 48.5 Å². The van der Waals surface area contributed by atoms with Gasteiger partial charge in [0.05, 0.1) is 17.7 Å². The summed E-state index contributed by atoms with van der Waals surface area (Å²) in [6.07, 6.45) is 0.813. The lowest BCUT2D eigenvalue weighted by atomic mass is 10.2. The van der Waals surface area contributed by atoms with Gasteiger partial charge in [0.15, 0.2) is 0 Å². The van der Waals surface area contributed by atoms with Gasteiger partial charge in [-0.15, -0.1) is 0 Å². The van der Waals surface area contributed by atoms with E-state index < -0.39 is 0 Å². The minimum Gasteiger partial charge on any atom is -0.462 e. The van der Waals surface area contributed by atoms with Crippen LogP contribution in [0.5, 0.6) is 0 Å². The third-order valence-corrected chi connectivity index (χ3v) is 4.62. The van der Waals surface area contributed by atoms with E-state index in [1.807, 2.05) is 6.92 Å². The number of hydrogen-bond donors (Lipinski definition) is 0. The normalized spacial score (nSPS) is 11.6. The topological polar surface area (TPSA) is 52.6 Å². The highest BCUT2D eigenvalue weighted by molar-refractivity contribution is 9.10. The molecule has 0 saturated heterocycles. The van der Waals surface area contributed by atoms with Crippen LogP contribution in [0.2, 0.25) is 0 Å². The van der Waals surface area contributed by atoms with Crippen LogP contribution < -0.4 is 0 Å². The number of carbonyl (C=O) groups is 2. The van der Waals surface area contributed by atoms with E-state index in [1.165, 1.54) is 0 Å². The van der Waals surface area contributed by atoms with Crippen LogP contribution in [0.4, 0.5) is 0 Å². The molecule has 0 radical (unpaired) electrons. The summed E-state index contributed by atoms with van der Waals surface area (Å²) in [6.45, 7) is 2.12. The van der Waals surface area contributed by atoms with Crippen LogP contribution in [0.3, 0.4) is 0 Å². The van der Waals surface area contributed by atoms with Crippen LogP contribution in [0, 0.1) is 0 Å². The molecule has 2 rings (SSSR count). The Morgan fingerprint density at radius 2 is 1.36 bits per heavy atom. The number of hydrogen-bond acceptors (Lipinski definition) is 4. The van der Waals surface area contributed by atoms with Gasteiger partial charge in [-0.05, 0) is 55.0 Å². The van der Waals surface area contributed by atoms with Gasteiger partial charge in [-0.3, -0.25) is 0 Å². The van der Waals surface area contributed by atoms with E-state index in [4.69, 9.17) is 9.47 Å². The third-order valence-electron chi connectivity index (χ3n) is 3.56. The summed E-state index contributed by atoms with van der Waals surface area (Å²) in [5.74, 6) is -0.764. The molecule has 0 aliphatic rings. The van der Waals surface area contributed by atoms with Crippen molar-refractivity contribution in [1.29, 1.82) is 0 Å². The lowest BCUT2D eigenvalue weighted by Gasteiger charge is -2.16. The zero-order valence-corrected chi connectivity index (χ0v) is 16.9. The van der Waals surface area contributed by atoms with Crippen LogP contribution >= 0.6 is 31.9 Å². The summed E-state index contributed by atoms with van der Waals surface area (Å²) in [7, 11) is 0. The fraction of sp³-hybridized carbons (Fsp3) is 0.263. The van der Waals surface area contributed by atoms with Crippen LogP contribution in [0.25, 0.3) is 0 Å². The third kappa shape index (κ3) is 6.29. The Bertz CT molecular complexity index is 711. The van der Waals surface area contributed by atoms with E-state index in [-0.39, 0.29) is 24.6 Å². The van der Waals surface area contributed by atoms with Crippen molar-refractivity contribution in [2.75, 3.05) is 6.61 Å². The molecule has 0 saturated carbocycles. The summed E-state index contributed by atoms with van der Waals surface area (Å²) >= 11 is 6.65. The highest BCUT2D eigenvalue weighted by atomic mass is 79.9. The van der Waals surface area contributed by atoms with Gasteiger partial charge in [0.2, 0.25) is 0 Å². The predicted molar refractivity (Wildman–Crippen MR) is 103 cm³/mol. The van der Waals surface area contributed by atoms with Gasteiger partial charge in [0, 0.05) is 15.4 Å². The fourth-order valence-electron chi connectivity index (χ4n) is 2.10. The molecule has 0 aromatic heterocycles. The Hall–Kier alpha value is -1.66. The highest BCUT2D eigenvalue weighted by Gasteiger charge is 2.15. The molecule has 2 aromatic rings. The predicted octanol–water partition coefficient (Wildman–Crippen LogP) is 5.39. The molecule has 0 bridgehead atoms. The Kier molecular flexibility index (Phi) is 7.65. The van der Waals surface area contributed by atoms with Crippen molar-refractivity contribution >= 4 is 43.8 Å². The molecule has 6 heteroatoms. The van der Waals surface area contributed by atoms with Gasteiger partial charge in [-0.25, -0.2) is 9.59 Å². The molecule has 0 heterocycles. The van der Waals surface area contributed by atoms with Crippen LogP contribution in [-0.4, -0.2) is 24.6 Å². The first-order valence-corrected chi connectivity index (χ1v) is 9.47. The Morgan fingerprint density at radius 3 is 1.84 bits per heavy atom. The summed E-state index contributed by atoms with van der Waals surface area (Å²) in [5, 5.41) is 0. The molecule has 2 aromatic carbocycles. The molecule has 0 aliphatic heterocycles. The second kappa shape index (κ2) is 9.73. The van der Waals surface area contributed by atoms with Gasteiger partial charge in [-0.2, -0.15) is 0 Å². The van der Waals surface area contributed by atoms with Crippen molar-refractivity contribution in [3.8, 4) is 0 Å². The minimum atomic E-state index is -0.387. The SMILES string of the molecule is CCC(CCOC(=O)c1ccc(Br)cc1)OC(=O)c1ccc(Br)cc1. The quantitative estimate of drug-likeness (QED) is 0.510. The number of rotatable bonds is 7. The average Bonchev–Trinajstić information content (AvgIpc) is 2.61. The van der Waals surface area contributed by atoms with Crippen molar-refractivity contribution in [3.63, 3.8) is 0 Å². The molecule has 0 aliphatic carbocycles. The largest absolute Gasteiger partial charge is 0.462 e. The lowest BCUT2D eigenvalue weighted by Crippen LogP contribution is -2.20. The van der Waals surface area contributed by atoms with E-state index in [0.29, 0.717) is 24.0 Å². The van der Waals surface area contributed by atoms with E-state index >= 15 is 0 Å². The van der Waals surface area contributed by atoms with Crippen LogP contribution in [-0.2, 0) is 9.47 Å². The number of ether oxygens (including phenoxy) is 2. The summed E-state index contributed by atoms with van der Waals surface area (Å²) in [4.78, 5) is 24.1. The molecule has 0 fully saturated rings. The maximum atomic E-state index is 12.1. The van der Waals surface area contributed by atoms with Crippen molar-refractivity contribution in [3.05, 3.63) is 68.6 Å². The number of carbonyl (C=O) groups excluding carboxylic acids is 2. The Balaban J connectivity index is 1.81. The van der Waals surface area contributed by atoms with Crippen molar-refractivity contribution in [1.82, 2.24) is 0 Å². The van der Waals surface area contributed by atoms with Crippen molar-refractivity contribution in [2.24, 2.45) is 0 Å². The smallest absolute Gasteiger partial charge is 0.338 e. The van der Waals surface area contributed by atoms with Gasteiger partial charge >= 0.3 is 11.9 Å². The monoisotopic (exact) mass is 468 g/mol. The number of halogens is 2. The van der Waals surface area contributed by atoms with Crippen LogP contribution in [0.15, 0.2) is 57.5 Å². The standard InChI is InChI=1S/C19H18Br2O4/c1-2-17(25-19(23)14-5-9-16(21)10-6-14)11-12-24-18(22)13-3-7-15(20)8-4-13/h3-10,17H,2,11-12H2,1H3. The minimum absolute atomic E-state index is 0.195. The zero-order chi connectivity index (χ0) is 18.2. The highest BCUT2D eigenvalue weighted by Crippen LogP contribution is 2.15. The molecular weight excluding hydrogens is 452 g/mol. The molecule has 4 nitrogen and oxygen atoms in total. The first kappa shape index (κ1) is 19.7. The fourth-order valence-corrected chi connectivity index (χ4v) is 2.63. The molecule has 1 unspecified atom stereocenters. The van der Waals surface area contributed by atoms with Gasteiger partial charge in [0.1, 0.15) is 6.10 Å². The van der Waals surface area contributed by atoms with E-state index in [2.05, 4.69) is 31.9 Å². The lowest BCUT2D eigenvalue weighted by molar-refractivity contribution is 0.0177. The Morgan fingerprint density at radius 1 is 0.880 bits per heavy atom. The van der Waals surface area contributed by atoms with Crippen molar-refractivity contribution < 1.29 is 19.1 Å². The molecule has 25 heavy (non-hydrogen) atoms. The average molecular weight is 470 g/mol. The molecular formula is C19H18Br2O4. The second-order valence-electron chi connectivity index (χ2n) is 5.37. The van der Waals surface area contributed by atoms with Gasteiger partial charge in [-0.1, -0.05) is 38.8 Å². The number of esters is 2. The summed E-state index contributed by atoms with van der Waals surface area (Å²) in [6, 6.07) is 13.9. The first-order chi connectivity index (χ1) is 12.0. The molecule has 132 valence electrons. The summed E-state index contributed by atoms with van der Waals surface area (Å²) in [5.41, 5.74) is 0.983. The zero-order valence-electron chi connectivity index (χ0n) is 13.7. The number of benzene rings is 2. The molecule has 1 atom stereocenters. The maximum absolute atomic E-state index is 12.1. The first-order valence-electron chi connectivity index (χ1n) is 7.89.